The largest absolute Gasteiger partial charge is 0.268 e. The summed E-state index contributed by atoms with van der Waals surface area (Å²) >= 11 is 0. The van der Waals surface area contributed by atoms with E-state index in [1.54, 1.807) is 24.3 Å². The molecule has 2 aromatic rings. The van der Waals surface area contributed by atoms with E-state index in [4.69, 9.17) is 0 Å². The first-order valence-electron chi connectivity index (χ1n) is 9.33. The maximum Gasteiger partial charge on any atom is 0.266 e. The van der Waals surface area contributed by atoms with Crippen molar-refractivity contribution >= 4 is 17.7 Å². The van der Waals surface area contributed by atoms with E-state index in [0.29, 0.717) is 0 Å². The van der Waals surface area contributed by atoms with Gasteiger partial charge in [-0.15, -0.1) is 0 Å². The number of allylic oxidation sites excluding steroid dienone is 1. The number of hydrazone groups is 1. The van der Waals surface area contributed by atoms with Crippen molar-refractivity contribution in [3.63, 3.8) is 0 Å². The quantitative estimate of drug-likeness (QED) is 0.670. The molecule has 0 unspecified atom stereocenters. The molecule has 3 nitrogen and oxygen atoms in total. The minimum absolute atomic E-state index is 0.0369. The molecule has 1 aliphatic heterocycles. The van der Waals surface area contributed by atoms with Crippen molar-refractivity contribution in [2.45, 2.75) is 25.3 Å². The number of hydrogen-bond acceptors (Lipinski definition) is 2. The van der Waals surface area contributed by atoms with Gasteiger partial charge in [0.1, 0.15) is 11.6 Å². The lowest BCUT2D eigenvalue weighted by molar-refractivity contribution is -0.128. The van der Waals surface area contributed by atoms with Gasteiger partial charge in [-0.2, -0.15) is 5.10 Å². The maximum absolute atomic E-state index is 13.4. The lowest BCUT2D eigenvalue weighted by Crippen LogP contribution is -2.30. The van der Waals surface area contributed by atoms with Crippen LogP contribution in [0.25, 0.3) is 6.08 Å². The smallest absolute Gasteiger partial charge is 0.266 e. The van der Waals surface area contributed by atoms with Gasteiger partial charge in [0, 0.05) is 5.92 Å². The highest BCUT2D eigenvalue weighted by Crippen LogP contribution is 2.44. The van der Waals surface area contributed by atoms with Crippen molar-refractivity contribution in [3.8, 4) is 0 Å². The molecule has 2 aromatic carbocycles. The zero-order valence-corrected chi connectivity index (χ0v) is 15.3. The molecule has 0 bridgehead atoms. The third kappa shape index (κ3) is 3.40. The summed E-state index contributed by atoms with van der Waals surface area (Å²) in [5.41, 5.74) is 3.67. The van der Waals surface area contributed by atoms with Gasteiger partial charge in [-0.3, -0.25) is 4.79 Å². The van der Waals surface area contributed by atoms with Crippen LogP contribution in [0, 0.1) is 17.6 Å². The molecule has 0 N–H and O–H groups in total. The van der Waals surface area contributed by atoms with Crippen LogP contribution in [0.1, 0.15) is 36.4 Å². The molecule has 0 spiro atoms. The van der Waals surface area contributed by atoms with E-state index < -0.39 is 0 Å². The van der Waals surface area contributed by atoms with Crippen molar-refractivity contribution in [1.29, 1.82) is 0 Å². The third-order valence-corrected chi connectivity index (χ3v) is 5.32. The van der Waals surface area contributed by atoms with E-state index in [1.165, 1.54) is 35.4 Å². The Balaban J connectivity index is 1.74. The van der Waals surface area contributed by atoms with Crippen molar-refractivity contribution in [1.82, 2.24) is 5.01 Å². The number of carbonyl (C=O) groups excluding carboxylic acids is 1. The normalized spacial score (nSPS) is 22.7. The summed E-state index contributed by atoms with van der Waals surface area (Å²) in [4.78, 5) is 12.5. The molecule has 142 valence electrons. The molecule has 2 aliphatic rings. The number of benzene rings is 2. The van der Waals surface area contributed by atoms with Gasteiger partial charge in [0.15, 0.2) is 0 Å². The standard InChI is InChI=1S/C23H20F2N2O/c1-2-21(28)27-23(16-8-12-19(25)13-9-16)20-5-3-4-17(22(20)26-27)14-15-6-10-18(24)11-7-15/h2,6-14,20,23H,1,3-5H2/b17-14+/t20-,23-/m0/s1. The minimum atomic E-state index is -0.315. The fourth-order valence-corrected chi connectivity index (χ4v) is 4.03. The number of nitrogens with zero attached hydrogens (tertiary/aromatic N) is 2. The average molecular weight is 378 g/mol. The van der Waals surface area contributed by atoms with E-state index >= 15 is 0 Å². The van der Waals surface area contributed by atoms with E-state index in [0.717, 1.165) is 41.7 Å². The van der Waals surface area contributed by atoms with Crippen LogP contribution in [0.2, 0.25) is 0 Å². The van der Waals surface area contributed by atoms with E-state index in [9.17, 15) is 13.6 Å². The topological polar surface area (TPSA) is 32.7 Å². The van der Waals surface area contributed by atoms with E-state index in [1.807, 2.05) is 6.08 Å². The predicted octanol–water partition coefficient (Wildman–Crippen LogP) is 5.27. The van der Waals surface area contributed by atoms with Gasteiger partial charge in [0.2, 0.25) is 0 Å². The van der Waals surface area contributed by atoms with Crippen LogP contribution in [0.5, 0.6) is 0 Å². The molecule has 0 saturated heterocycles. The van der Waals surface area contributed by atoms with Crippen LogP contribution in [-0.2, 0) is 4.79 Å². The van der Waals surface area contributed by atoms with Crippen LogP contribution in [0.15, 0.2) is 71.9 Å². The molecule has 28 heavy (non-hydrogen) atoms. The van der Waals surface area contributed by atoms with Crippen LogP contribution < -0.4 is 0 Å². The molecule has 5 heteroatoms. The first-order valence-corrected chi connectivity index (χ1v) is 9.33. The zero-order chi connectivity index (χ0) is 19.7. The summed E-state index contributed by atoms with van der Waals surface area (Å²) < 4.78 is 26.6. The lowest BCUT2D eigenvalue weighted by atomic mass is 9.77. The number of amides is 1. The Labute approximate surface area is 162 Å². The Kier molecular flexibility index (Phi) is 4.90. The minimum Gasteiger partial charge on any atom is -0.268 e. The van der Waals surface area contributed by atoms with Gasteiger partial charge in [0.25, 0.3) is 5.91 Å². The highest BCUT2D eigenvalue weighted by Gasteiger charge is 2.43. The summed E-state index contributed by atoms with van der Waals surface area (Å²) in [5, 5.41) is 6.11. The second-order valence-corrected chi connectivity index (χ2v) is 7.09. The highest BCUT2D eigenvalue weighted by molar-refractivity contribution is 6.08. The molecule has 1 aliphatic carbocycles. The van der Waals surface area contributed by atoms with Crippen LogP contribution >= 0.6 is 0 Å². The lowest BCUT2D eigenvalue weighted by Gasteiger charge is -2.29. The number of halogens is 2. The molecular formula is C23H20F2N2O. The van der Waals surface area contributed by atoms with Crippen molar-refractivity contribution in [2.24, 2.45) is 11.0 Å². The monoisotopic (exact) mass is 378 g/mol. The fourth-order valence-electron chi connectivity index (χ4n) is 4.03. The van der Waals surface area contributed by atoms with Gasteiger partial charge in [-0.05, 0) is 72.4 Å². The van der Waals surface area contributed by atoms with E-state index in [2.05, 4.69) is 11.7 Å². The van der Waals surface area contributed by atoms with E-state index in [-0.39, 0.29) is 29.5 Å². The zero-order valence-electron chi connectivity index (χ0n) is 15.3. The number of rotatable bonds is 3. The van der Waals surface area contributed by atoms with Crippen LogP contribution in [-0.4, -0.2) is 16.6 Å². The van der Waals surface area contributed by atoms with Gasteiger partial charge in [-0.1, -0.05) is 30.8 Å². The summed E-state index contributed by atoms with van der Waals surface area (Å²) in [6.07, 6.45) is 5.96. The molecule has 1 heterocycles. The van der Waals surface area contributed by atoms with Gasteiger partial charge in [0.05, 0.1) is 11.8 Å². The van der Waals surface area contributed by atoms with Crippen molar-refractivity contribution in [3.05, 3.63) is 89.5 Å². The highest BCUT2D eigenvalue weighted by atomic mass is 19.1. The molecule has 1 fully saturated rings. The Hall–Kier alpha value is -3.08. The Morgan fingerprint density at radius 1 is 1.07 bits per heavy atom. The molecular weight excluding hydrogens is 358 g/mol. The number of fused-ring (bicyclic) bond motifs is 1. The SMILES string of the molecule is C=CC(=O)N1N=C2/C(=C/c3ccc(F)cc3)CCC[C@@H]2[C@@H]1c1ccc(F)cc1. The van der Waals surface area contributed by atoms with Gasteiger partial charge < -0.3 is 0 Å². The summed E-state index contributed by atoms with van der Waals surface area (Å²) in [6.45, 7) is 3.59. The molecule has 1 amide bonds. The summed E-state index contributed by atoms with van der Waals surface area (Å²) in [6, 6.07) is 12.3. The van der Waals surface area contributed by atoms with Crippen molar-refractivity contribution < 1.29 is 13.6 Å². The maximum atomic E-state index is 13.4. The van der Waals surface area contributed by atoms with Gasteiger partial charge in [-0.25, -0.2) is 13.8 Å². The van der Waals surface area contributed by atoms with Crippen LogP contribution in [0.3, 0.4) is 0 Å². The Bertz CT molecular complexity index is 961. The first kappa shape index (κ1) is 18.3. The van der Waals surface area contributed by atoms with Crippen LogP contribution in [0.4, 0.5) is 8.78 Å². The molecule has 0 aromatic heterocycles. The van der Waals surface area contributed by atoms with Gasteiger partial charge >= 0.3 is 0 Å². The molecule has 1 saturated carbocycles. The second kappa shape index (κ2) is 7.50. The first-order chi connectivity index (χ1) is 13.6. The predicted molar refractivity (Wildman–Crippen MR) is 105 cm³/mol. The molecule has 2 atom stereocenters. The summed E-state index contributed by atoms with van der Waals surface area (Å²) in [7, 11) is 0. The Morgan fingerprint density at radius 2 is 1.71 bits per heavy atom. The third-order valence-electron chi connectivity index (χ3n) is 5.32. The second-order valence-electron chi connectivity index (χ2n) is 7.09. The average Bonchev–Trinajstić information content (AvgIpc) is 3.10. The number of carbonyl (C=O) groups is 1. The number of hydrogen-bond donors (Lipinski definition) is 0. The molecule has 0 radical (unpaired) electrons. The summed E-state index contributed by atoms with van der Waals surface area (Å²) in [5.74, 6) is -0.835. The fraction of sp³-hybridized carbons (Fsp3) is 0.217. The van der Waals surface area contributed by atoms with Crippen molar-refractivity contribution in [2.75, 3.05) is 0 Å². The Morgan fingerprint density at radius 3 is 2.36 bits per heavy atom. The molecule has 4 rings (SSSR count).